The number of rotatable bonds is 2. The fourth-order valence-corrected chi connectivity index (χ4v) is 3.64. The fraction of sp³-hybridized carbons (Fsp3) is 0.571. The van der Waals surface area contributed by atoms with E-state index in [0.29, 0.717) is 24.0 Å². The summed E-state index contributed by atoms with van der Waals surface area (Å²) >= 11 is 0. The highest BCUT2D eigenvalue weighted by Gasteiger charge is 2.54. The summed E-state index contributed by atoms with van der Waals surface area (Å²) in [5, 5.41) is 0. The van der Waals surface area contributed by atoms with E-state index in [0.717, 1.165) is 12.8 Å². The molecule has 0 bridgehead atoms. The van der Waals surface area contributed by atoms with E-state index in [1.807, 2.05) is 0 Å². The Kier molecular flexibility index (Phi) is 2.85. The highest BCUT2D eigenvalue weighted by Crippen LogP contribution is 2.60. The predicted molar refractivity (Wildman–Crippen MR) is 62.2 cm³/mol. The summed E-state index contributed by atoms with van der Waals surface area (Å²) in [6.45, 7) is 0. The summed E-state index contributed by atoms with van der Waals surface area (Å²) in [5.74, 6) is -1.42. The van der Waals surface area contributed by atoms with Crippen LogP contribution < -0.4 is 5.73 Å². The van der Waals surface area contributed by atoms with Crippen LogP contribution in [0.5, 0.6) is 0 Å². The smallest absolute Gasteiger partial charge is 0.133 e. The van der Waals surface area contributed by atoms with E-state index in [-0.39, 0.29) is 11.5 Å². The zero-order valence-electron chi connectivity index (χ0n) is 10.0. The van der Waals surface area contributed by atoms with Gasteiger partial charge >= 0.3 is 0 Å². The molecular formula is C14H16F3N. The molecule has 18 heavy (non-hydrogen) atoms. The first-order valence-corrected chi connectivity index (χ1v) is 6.49. The first-order valence-electron chi connectivity index (χ1n) is 6.49. The van der Waals surface area contributed by atoms with E-state index in [9.17, 15) is 13.2 Å². The Hall–Kier alpha value is -1.03. The van der Waals surface area contributed by atoms with Crippen molar-refractivity contribution in [3.63, 3.8) is 0 Å². The number of hydrogen-bond acceptors (Lipinski definition) is 1. The lowest BCUT2D eigenvalue weighted by Crippen LogP contribution is -2.18. The van der Waals surface area contributed by atoms with Crippen LogP contribution in [0.2, 0.25) is 0 Å². The molecule has 2 saturated carbocycles. The Balaban J connectivity index is 1.87. The maximum Gasteiger partial charge on any atom is 0.133 e. The van der Waals surface area contributed by atoms with Crippen molar-refractivity contribution in [2.45, 2.75) is 31.7 Å². The van der Waals surface area contributed by atoms with Crippen LogP contribution in [-0.2, 0) is 0 Å². The van der Waals surface area contributed by atoms with Gasteiger partial charge in [-0.1, -0.05) is 12.8 Å². The summed E-state index contributed by atoms with van der Waals surface area (Å²) in [6.07, 6.45) is 4.57. The summed E-state index contributed by atoms with van der Waals surface area (Å²) in [4.78, 5) is 0. The SMILES string of the molecule is NC(c1c(F)cc(F)cc1F)C1C2CCCCC21. The highest BCUT2D eigenvalue weighted by atomic mass is 19.1. The molecule has 4 heteroatoms. The number of hydrogen-bond donors (Lipinski definition) is 1. The molecule has 98 valence electrons. The zero-order chi connectivity index (χ0) is 12.9. The highest BCUT2D eigenvalue weighted by molar-refractivity contribution is 5.27. The van der Waals surface area contributed by atoms with E-state index in [1.165, 1.54) is 12.8 Å². The third-order valence-corrected chi connectivity index (χ3v) is 4.51. The molecule has 0 aliphatic heterocycles. The van der Waals surface area contributed by atoms with Crippen molar-refractivity contribution in [1.29, 1.82) is 0 Å². The summed E-state index contributed by atoms with van der Waals surface area (Å²) in [6, 6.07) is 0.785. The number of fused-ring (bicyclic) bond motifs is 1. The van der Waals surface area contributed by atoms with Crippen LogP contribution in [0.15, 0.2) is 12.1 Å². The second kappa shape index (κ2) is 4.26. The molecule has 0 spiro atoms. The Morgan fingerprint density at radius 2 is 1.50 bits per heavy atom. The number of nitrogens with two attached hydrogens (primary N) is 1. The van der Waals surface area contributed by atoms with Crippen LogP contribution in [0.25, 0.3) is 0 Å². The molecule has 0 radical (unpaired) electrons. The topological polar surface area (TPSA) is 26.0 Å². The largest absolute Gasteiger partial charge is 0.324 e. The van der Waals surface area contributed by atoms with Gasteiger partial charge in [0.05, 0.1) is 0 Å². The summed E-state index contributed by atoms with van der Waals surface area (Å²) in [5.41, 5.74) is 5.87. The molecule has 0 heterocycles. The van der Waals surface area contributed by atoms with Gasteiger partial charge in [-0.05, 0) is 30.6 Å². The maximum atomic E-state index is 13.7. The standard InChI is InChI=1S/C14H16F3N/c15-7-5-10(16)13(11(17)6-7)14(18)12-8-3-1-2-4-9(8)12/h5-6,8-9,12,14H,1-4,18H2. The maximum absolute atomic E-state index is 13.7. The molecule has 2 fully saturated rings. The second-order valence-electron chi connectivity index (χ2n) is 5.50. The van der Waals surface area contributed by atoms with E-state index in [4.69, 9.17) is 5.73 Å². The Morgan fingerprint density at radius 1 is 1.00 bits per heavy atom. The van der Waals surface area contributed by atoms with Gasteiger partial charge in [-0.25, -0.2) is 13.2 Å². The number of halogens is 3. The van der Waals surface area contributed by atoms with Gasteiger partial charge in [0.15, 0.2) is 0 Å². The third-order valence-electron chi connectivity index (χ3n) is 4.51. The molecule has 0 amide bonds. The van der Waals surface area contributed by atoms with Crippen molar-refractivity contribution in [1.82, 2.24) is 0 Å². The molecule has 2 N–H and O–H groups in total. The van der Waals surface area contributed by atoms with Crippen LogP contribution >= 0.6 is 0 Å². The molecule has 1 aromatic rings. The Bertz CT molecular complexity index is 439. The summed E-state index contributed by atoms with van der Waals surface area (Å²) < 4.78 is 40.2. The van der Waals surface area contributed by atoms with Crippen LogP contribution in [0, 0.1) is 35.2 Å². The molecule has 2 aliphatic rings. The molecule has 3 atom stereocenters. The van der Waals surface area contributed by atoms with Crippen LogP contribution in [-0.4, -0.2) is 0 Å². The minimum Gasteiger partial charge on any atom is -0.324 e. The fourth-order valence-electron chi connectivity index (χ4n) is 3.64. The number of benzene rings is 1. The Morgan fingerprint density at radius 3 is 2.00 bits per heavy atom. The van der Waals surface area contributed by atoms with Crippen molar-refractivity contribution in [3.05, 3.63) is 35.1 Å². The van der Waals surface area contributed by atoms with Gasteiger partial charge in [-0.15, -0.1) is 0 Å². The van der Waals surface area contributed by atoms with Gasteiger partial charge in [-0.2, -0.15) is 0 Å². The van der Waals surface area contributed by atoms with Crippen molar-refractivity contribution in [3.8, 4) is 0 Å². The molecule has 1 aromatic carbocycles. The molecule has 3 unspecified atom stereocenters. The average Bonchev–Trinajstić information content (AvgIpc) is 3.01. The average molecular weight is 255 g/mol. The lowest BCUT2D eigenvalue weighted by atomic mass is 9.99. The van der Waals surface area contributed by atoms with Gasteiger partial charge in [0.1, 0.15) is 17.5 Å². The Labute approximate surface area is 104 Å². The van der Waals surface area contributed by atoms with Gasteiger partial charge in [-0.3, -0.25) is 0 Å². The van der Waals surface area contributed by atoms with Gasteiger partial charge in [0.25, 0.3) is 0 Å². The van der Waals surface area contributed by atoms with E-state index in [1.54, 1.807) is 0 Å². The normalized spacial score (nSPS) is 31.9. The van der Waals surface area contributed by atoms with E-state index >= 15 is 0 Å². The first-order chi connectivity index (χ1) is 8.59. The van der Waals surface area contributed by atoms with Crippen molar-refractivity contribution in [2.24, 2.45) is 23.5 Å². The van der Waals surface area contributed by atoms with Crippen molar-refractivity contribution < 1.29 is 13.2 Å². The van der Waals surface area contributed by atoms with Crippen LogP contribution in [0.4, 0.5) is 13.2 Å². The zero-order valence-corrected chi connectivity index (χ0v) is 10.0. The molecule has 0 aromatic heterocycles. The van der Waals surface area contributed by atoms with E-state index in [2.05, 4.69) is 0 Å². The monoisotopic (exact) mass is 255 g/mol. The molecule has 0 saturated heterocycles. The minimum absolute atomic E-state index is 0.143. The predicted octanol–water partition coefficient (Wildman–Crippen LogP) is 3.54. The molecule has 3 rings (SSSR count). The quantitative estimate of drug-likeness (QED) is 0.859. The van der Waals surface area contributed by atoms with Crippen molar-refractivity contribution in [2.75, 3.05) is 0 Å². The van der Waals surface area contributed by atoms with Crippen LogP contribution in [0.3, 0.4) is 0 Å². The van der Waals surface area contributed by atoms with E-state index < -0.39 is 23.5 Å². The van der Waals surface area contributed by atoms with Gasteiger partial charge in [0.2, 0.25) is 0 Å². The van der Waals surface area contributed by atoms with Crippen molar-refractivity contribution >= 4 is 0 Å². The van der Waals surface area contributed by atoms with Gasteiger partial charge < -0.3 is 5.73 Å². The lowest BCUT2D eigenvalue weighted by Gasteiger charge is -2.14. The molecule has 2 aliphatic carbocycles. The minimum atomic E-state index is -0.894. The summed E-state index contributed by atoms with van der Waals surface area (Å²) in [7, 11) is 0. The lowest BCUT2D eigenvalue weighted by molar-refractivity contribution is 0.468. The second-order valence-corrected chi connectivity index (χ2v) is 5.50. The third kappa shape index (κ3) is 1.83. The van der Waals surface area contributed by atoms with Gasteiger partial charge in [0, 0.05) is 23.7 Å². The first kappa shape index (κ1) is 12.0. The molecular weight excluding hydrogens is 239 g/mol. The van der Waals surface area contributed by atoms with Crippen LogP contribution in [0.1, 0.15) is 37.3 Å². The molecule has 1 nitrogen and oxygen atoms in total.